The molecule has 0 aliphatic rings. The molecule has 0 atom stereocenters. The Hall–Kier alpha value is 3.79. The van der Waals surface area contributed by atoms with Gasteiger partial charge in [0, 0.05) is 69.4 Å². The summed E-state index contributed by atoms with van der Waals surface area (Å²) in [6.45, 7) is 0. The first kappa shape index (κ1) is 25.0. The Morgan fingerprint density at radius 2 is 1.25 bits per heavy atom. The van der Waals surface area contributed by atoms with Gasteiger partial charge in [-0.1, -0.05) is 0 Å². The molecule has 2 radical (unpaired) electrons. The molecule has 0 nitrogen and oxygen atoms in total. The van der Waals surface area contributed by atoms with Crippen molar-refractivity contribution in [3.8, 4) is 0 Å². The van der Waals surface area contributed by atoms with Crippen LogP contribution in [0.2, 0.25) is 0 Å². The van der Waals surface area contributed by atoms with E-state index in [1.54, 1.807) is 0 Å². The van der Waals surface area contributed by atoms with Gasteiger partial charge in [0.15, 0.2) is 0 Å². The summed E-state index contributed by atoms with van der Waals surface area (Å²) in [6, 6.07) is 0. The Bertz CT molecular complexity index is 13.5. The van der Waals surface area contributed by atoms with Gasteiger partial charge in [-0.3, -0.25) is 0 Å². The zero-order valence-corrected chi connectivity index (χ0v) is 12.2. The molecule has 4 heavy (non-hydrogen) atoms. The third-order valence-electron chi connectivity index (χ3n) is 0. The van der Waals surface area contributed by atoms with Crippen molar-refractivity contribution in [1.82, 2.24) is 0 Å². The molecule has 0 N–H and O–H groups in total. The molecule has 0 aromatic heterocycles. The smallest absolute Gasteiger partial charge is 1.00 e. The van der Waals surface area contributed by atoms with E-state index in [1.165, 1.54) is 0 Å². The monoisotopic (exact) mass is 394 g/mol. The molecule has 24 valence electrons. The van der Waals surface area contributed by atoms with E-state index in [2.05, 4.69) is 0 Å². The van der Waals surface area contributed by atoms with Gasteiger partial charge in [-0.15, -0.1) is 0 Å². The first-order chi connectivity index (χ1) is 0. The van der Waals surface area contributed by atoms with E-state index in [0.717, 1.165) is 0 Å². The van der Waals surface area contributed by atoms with Crippen LogP contribution in [0, 0.1) is 35.6 Å². The van der Waals surface area contributed by atoms with Crippen molar-refractivity contribution in [1.29, 1.82) is 0 Å². The summed E-state index contributed by atoms with van der Waals surface area (Å²) in [4.78, 5) is 0. The van der Waals surface area contributed by atoms with Crippen LogP contribution < -0.4 is 0 Å². The number of hydrogen-bond donors (Lipinski definition) is 0. The Balaban J connectivity index is 0. The van der Waals surface area contributed by atoms with Crippen LogP contribution in [0.15, 0.2) is 0 Å². The molecule has 0 spiro atoms. The topological polar surface area (TPSA) is 0 Å². The molecule has 0 fully saturated rings. The van der Waals surface area contributed by atoms with Crippen molar-refractivity contribution in [2.45, 2.75) is 0 Å². The summed E-state index contributed by atoms with van der Waals surface area (Å²) in [6.07, 6.45) is 0. The zero-order chi connectivity index (χ0) is 0. The predicted molar refractivity (Wildman–Crippen MR) is 7.98 cm³/mol. The minimum atomic E-state index is 0. The number of rotatable bonds is 0. The van der Waals surface area contributed by atoms with Crippen molar-refractivity contribution in [2.24, 2.45) is 0 Å². The fourth-order valence-electron chi connectivity index (χ4n) is 0. The molecule has 0 aromatic carbocycles. The van der Waals surface area contributed by atoms with Crippen LogP contribution in [-0.2, 0) is 33.8 Å². The van der Waals surface area contributed by atoms with Gasteiger partial charge >= 0.3 is 48.9 Å². The van der Waals surface area contributed by atoms with Crippen molar-refractivity contribution >= 4 is 48.9 Å². The van der Waals surface area contributed by atoms with Gasteiger partial charge in [-0.05, 0) is 0 Å². The summed E-state index contributed by atoms with van der Waals surface area (Å²) in [5.41, 5.74) is 0. The van der Waals surface area contributed by atoms with Crippen molar-refractivity contribution < 1.29 is 72.3 Å². The van der Waals surface area contributed by atoms with Gasteiger partial charge in [0.05, 0.1) is 0 Å². The first-order valence-corrected chi connectivity index (χ1v) is 0. The molecule has 4 heteroatoms. The van der Waals surface area contributed by atoms with Gasteiger partial charge < -0.3 is 2.85 Å². The standard InChI is InChI=1S/Ba.Co.Fe.La.2H/q+2;;;;2*-1. The second kappa shape index (κ2) is 15.8. The molecule has 0 unspecified atom stereocenters. The van der Waals surface area contributed by atoms with E-state index in [0.29, 0.717) is 0 Å². The molecule has 0 aromatic rings. The number of hydrogen-bond acceptors (Lipinski definition) is 0. The maximum Gasteiger partial charge on any atom is 2.00 e. The Labute approximate surface area is 118 Å². The summed E-state index contributed by atoms with van der Waals surface area (Å²) in [5.74, 6) is 0. The van der Waals surface area contributed by atoms with E-state index < -0.39 is 0 Å². The summed E-state index contributed by atoms with van der Waals surface area (Å²) in [7, 11) is 0. The molecule has 0 rings (SSSR count). The van der Waals surface area contributed by atoms with Crippen LogP contribution in [0.25, 0.3) is 0 Å². The Morgan fingerprint density at radius 1 is 1.25 bits per heavy atom. The average molecular weight is 393 g/mol. The molecule has 0 saturated heterocycles. The van der Waals surface area contributed by atoms with E-state index in [9.17, 15) is 0 Å². The second-order valence-corrected chi connectivity index (χ2v) is 0. The van der Waals surface area contributed by atoms with Crippen LogP contribution >= 0.6 is 0 Å². The van der Waals surface area contributed by atoms with E-state index in [-0.39, 0.29) is 121 Å². The van der Waals surface area contributed by atoms with Gasteiger partial charge in [0.25, 0.3) is 0 Å². The molecular weight excluding hydrogens is 391 g/mol. The molecular formula is H2BaCoFeLa. The van der Waals surface area contributed by atoms with Gasteiger partial charge in [0.2, 0.25) is 0 Å². The molecule has 0 aliphatic heterocycles. The SMILES string of the molecule is [Ba+2].[Co].[Fe].[H-].[H-].[La]. The fraction of sp³-hybridized carbons (Fsp3) is 0. The van der Waals surface area contributed by atoms with Crippen molar-refractivity contribution in [2.75, 3.05) is 0 Å². The van der Waals surface area contributed by atoms with Gasteiger partial charge in [0.1, 0.15) is 0 Å². The van der Waals surface area contributed by atoms with E-state index in [1.807, 2.05) is 0 Å². The largest absolute Gasteiger partial charge is 2.00 e. The molecule has 0 saturated carbocycles. The average Bonchev–Trinajstić information content (AvgIpc) is 0. The zero-order valence-electron chi connectivity index (χ0n) is 3.97. The van der Waals surface area contributed by atoms with Gasteiger partial charge in [-0.25, -0.2) is 0 Å². The van der Waals surface area contributed by atoms with Crippen molar-refractivity contribution in [3.05, 3.63) is 0 Å². The van der Waals surface area contributed by atoms with Crippen LogP contribution in [0.3, 0.4) is 0 Å². The first-order valence-electron chi connectivity index (χ1n) is 0. The van der Waals surface area contributed by atoms with Crippen LogP contribution in [0.4, 0.5) is 0 Å². The summed E-state index contributed by atoms with van der Waals surface area (Å²) >= 11 is 0. The molecule has 0 heterocycles. The maximum absolute atomic E-state index is 0. The summed E-state index contributed by atoms with van der Waals surface area (Å²) in [5, 5.41) is 0. The third kappa shape index (κ3) is 9.25. The Kier molecular flexibility index (Phi) is 99.0. The van der Waals surface area contributed by atoms with Crippen LogP contribution in [0.5, 0.6) is 0 Å². The summed E-state index contributed by atoms with van der Waals surface area (Å²) < 4.78 is 0. The molecule has 0 aliphatic carbocycles. The van der Waals surface area contributed by atoms with Gasteiger partial charge in [-0.2, -0.15) is 0 Å². The normalized spacial score (nSPS) is 0. The second-order valence-electron chi connectivity index (χ2n) is 0. The molecule has 0 amide bonds. The minimum Gasteiger partial charge on any atom is -1.00 e. The van der Waals surface area contributed by atoms with Crippen molar-refractivity contribution in [3.63, 3.8) is 0 Å². The van der Waals surface area contributed by atoms with E-state index in [4.69, 9.17) is 0 Å². The Morgan fingerprint density at radius 3 is 1.25 bits per heavy atom. The molecule has 0 bridgehead atoms. The quantitative estimate of drug-likeness (QED) is 0.502. The maximum atomic E-state index is 0. The van der Waals surface area contributed by atoms with E-state index >= 15 is 0 Å². The van der Waals surface area contributed by atoms with Crippen LogP contribution in [-0.4, -0.2) is 48.9 Å². The third-order valence-corrected chi connectivity index (χ3v) is 0. The van der Waals surface area contributed by atoms with Crippen LogP contribution in [0.1, 0.15) is 2.85 Å². The predicted octanol–water partition coefficient (Wildman–Crippen LogP) is -0.161. The minimum absolute atomic E-state index is 0. The fourth-order valence-corrected chi connectivity index (χ4v) is 0.